The van der Waals surface area contributed by atoms with Crippen molar-refractivity contribution >= 4 is 0 Å². The molecule has 1 heterocycles. The van der Waals surface area contributed by atoms with Gasteiger partial charge in [-0.2, -0.15) is 0 Å². The van der Waals surface area contributed by atoms with Gasteiger partial charge in [0.25, 0.3) is 0 Å². The lowest BCUT2D eigenvalue weighted by atomic mass is 9.99. The van der Waals surface area contributed by atoms with E-state index in [-0.39, 0.29) is 0 Å². The van der Waals surface area contributed by atoms with E-state index in [0.29, 0.717) is 6.04 Å². The van der Waals surface area contributed by atoms with Crippen molar-refractivity contribution in [1.82, 2.24) is 4.90 Å². The van der Waals surface area contributed by atoms with Gasteiger partial charge in [-0.1, -0.05) is 18.2 Å². The van der Waals surface area contributed by atoms with Crippen LogP contribution in [-0.4, -0.2) is 31.6 Å². The average molecular weight is 220 g/mol. The van der Waals surface area contributed by atoms with Gasteiger partial charge >= 0.3 is 0 Å². The molecule has 0 aliphatic carbocycles. The first-order valence-electron chi connectivity index (χ1n) is 5.95. The Bertz CT molecular complexity index is 340. The number of hydrogen-bond acceptors (Lipinski definition) is 3. The SMILES string of the molecule is CN(CCCN)C1CCOc2ccccc21. The minimum atomic E-state index is 0.483. The van der Waals surface area contributed by atoms with Crippen LogP contribution >= 0.6 is 0 Å². The summed E-state index contributed by atoms with van der Waals surface area (Å²) in [5, 5.41) is 0. The van der Waals surface area contributed by atoms with Crippen molar-refractivity contribution in [3.63, 3.8) is 0 Å². The Hall–Kier alpha value is -1.06. The van der Waals surface area contributed by atoms with Crippen LogP contribution < -0.4 is 10.5 Å². The number of para-hydroxylation sites is 1. The van der Waals surface area contributed by atoms with Gasteiger partial charge in [0, 0.05) is 18.0 Å². The van der Waals surface area contributed by atoms with Crippen LogP contribution in [0.4, 0.5) is 0 Å². The summed E-state index contributed by atoms with van der Waals surface area (Å²) in [4.78, 5) is 2.38. The molecule has 1 aliphatic rings. The molecule has 1 aromatic carbocycles. The molecule has 0 fully saturated rings. The fourth-order valence-corrected chi connectivity index (χ4v) is 2.28. The molecule has 0 saturated carbocycles. The number of nitrogens with two attached hydrogens (primary N) is 1. The molecular weight excluding hydrogens is 200 g/mol. The van der Waals surface area contributed by atoms with E-state index in [2.05, 4.69) is 30.1 Å². The zero-order valence-electron chi connectivity index (χ0n) is 9.86. The second-order valence-electron chi connectivity index (χ2n) is 4.31. The van der Waals surface area contributed by atoms with E-state index in [1.165, 1.54) is 5.56 Å². The normalized spacial score (nSPS) is 19.3. The lowest BCUT2D eigenvalue weighted by Gasteiger charge is -2.33. The van der Waals surface area contributed by atoms with Crippen molar-refractivity contribution in [2.24, 2.45) is 5.73 Å². The van der Waals surface area contributed by atoms with Crippen molar-refractivity contribution in [2.75, 3.05) is 26.7 Å². The Labute approximate surface area is 97.2 Å². The monoisotopic (exact) mass is 220 g/mol. The van der Waals surface area contributed by atoms with Crippen LogP contribution in [-0.2, 0) is 0 Å². The molecule has 1 aromatic rings. The summed E-state index contributed by atoms with van der Waals surface area (Å²) in [7, 11) is 2.17. The Morgan fingerprint density at radius 1 is 1.44 bits per heavy atom. The molecule has 0 radical (unpaired) electrons. The quantitative estimate of drug-likeness (QED) is 0.840. The third-order valence-electron chi connectivity index (χ3n) is 3.17. The topological polar surface area (TPSA) is 38.5 Å². The Morgan fingerprint density at radius 3 is 3.06 bits per heavy atom. The minimum absolute atomic E-state index is 0.483. The Kier molecular flexibility index (Phi) is 3.80. The Morgan fingerprint density at radius 2 is 2.25 bits per heavy atom. The van der Waals surface area contributed by atoms with E-state index >= 15 is 0 Å². The molecule has 2 N–H and O–H groups in total. The van der Waals surface area contributed by atoms with E-state index in [4.69, 9.17) is 10.5 Å². The van der Waals surface area contributed by atoms with Crippen molar-refractivity contribution in [3.05, 3.63) is 29.8 Å². The summed E-state index contributed by atoms with van der Waals surface area (Å²) in [6.07, 6.45) is 2.12. The number of ether oxygens (including phenoxy) is 1. The van der Waals surface area contributed by atoms with Crippen LogP contribution in [0.25, 0.3) is 0 Å². The van der Waals surface area contributed by atoms with Gasteiger partial charge in [-0.3, -0.25) is 4.90 Å². The number of hydrogen-bond donors (Lipinski definition) is 1. The first-order chi connectivity index (χ1) is 7.83. The van der Waals surface area contributed by atoms with Gasteiger partial charge in [0.2, 0.25) is 0 Å². The summed E-state index contributed by atoms with van der Waals surface area (Å²) >= 11 is 0. The number of benzene rings is 1. The second-order valence-corrected chi connectivity index (χ2v) is 4.31. The van der Waals surface area contributed by atoms with Crippen LogP contribution in [0.2, 0.25) is 0 Å². The highest BCUT2D eigenvalue weighted by Crippen LogP contribution is 2.34. The molecule has 3 heteroatoms. The molecule has 2 rings (SSSR count). The molecule has 0 bridgehead atoms. The zero-order chi connectivity index (χ0) is 11.4. The second kappa shape index (κ2) is 5.32. The standard InChI is InChI=1S/C13H20N2O/c1-15(9-4-8-14)12-7-10-16-13-6-3-2-5-11(12)13/h2-3,5-6,12H,4,7-10,14H2,1H3. The summed E-state index contributed by atoms with van der Waals surface area (Å²) in [6.45, 7) is 2.62. The van der Waals surface area contributed by atoms with Crippen molar-refractivity contribution in [1.29, 1.82) is 0 Å². The average Bonchev–Trinajstić information content (AvgIpc) is 2.35. The molecule has 0 aromatic heterocycles. The minimum Gasteiger partial charge on any atom is -0.493 e. The smallest absolute Gasteiger partial charge is 0.124 e. The summed E-state index contributed by atoms with van der Waals surface area (Å²) < 4.78 is 5.66. The van der Waals surface area contributed by atoms with Gasteiger partial charge in [-0.15, -0.1) is 0 Å². The lowest BCUT2D eigenvalue weighted by molar-refractivity contribution is 0.166. The number of fused-ring (bicyclic) bond motifs is 1. The highest BCUT2D eigenvalue weighted by Gasteiger charge is 2.23. The Balaban J connectivity index is 2.12. The fourth-order valence-electron chi connectivity index (χ4n) is 2.28. The van der Waals surface area contributed by atoms with Gasteiger partial charge in [0.15, 0.2) is 0 Å². The van der Waals surface area contributed by atoms with Crippen LogP contribution in [0.15, 0.2) is 24.3 Å². The van der Waals surface area contributed by atoms with Crippen molar-refractivity contribution < 1.29 is 4.74 Å². The largest absolute Gasteiger partial charge is 0.493 e. The van der Waals surface area contributed by atoms with E-state index < -0.39 is 0 Å². The van der Waals surface area contributed by atoms with Gasteiger partial charge in [0.1, 0.15) is 5.75 Å². The summed E-state index contributed by atoms with van der Waals surface area (Å²) in [5.41, 5.74) is 6.86. The maximum absolute atomic E-state index is 5.66. The number of rotatable bonds is 4. The third kappa shape index (κ3) is 2.36. The maximum Gasteiger partial charge on any atom is 0.124 e. The van der Waals surface area contributed by atoms with Crippen LogP contribution in [0, 0.1) is 0 Å². The van der Waals surface area contributed by atoms with Gasteiger partial charge in [-0.05, 0) is 32.6 Å². The highest BCUT2D eigenvalue weighted by atomic mass is 16.5. The van der Waals surface area contributed by atoms with Crippen LogP contribution in [0.1, 0.15) is 24.4 Å². The van der Waals surface area contributed by atoms with Gasteiger partial charge in [0.05, 0.1) is 6.61 Å². The summed E-state index contributed by atoms with van der Waals surface area (Å²) in [6, 6.07) is 8.81. The first kappa shape index (κ1) is 11.4. The molecule has 16 heavy (non-hydrogen) atoms. The molecule has 1 atom stereocenters. The lowest BCUT2D eigenvalue weighted by Crippen LogP contribution is -2.30. The van der Waals surface area contributed by atoms with Crippen molar-refractivity contribution in [3.8, 4) is 5.75 Å². The molecule has 0 amide bonds. The van der Waals surface area contributed by atoms with Crippen LogP contribution in [0.5, 0.6) is 5.75 Å². The molecule has 1 unspecified atom stereocenters. The third-order valence-corrected chi connectivity index (χ3v) is 3.17. The molecule has 88 valence electrons. The van der Waals surface area contributed by atoms with Crippen LogP contribution in [0.3, 0.4) is 0 Å². The highest BCUT2D eigenvalue weighted by molar-refractivity contribution is 5.37. The van der Waals surface area contributed by atoms with E-state index in [1.54, 1.807) is 0 Å². The molecule has 3 nitrogen and oxygen atoms in total. The van der Waals surface area contributed by atoms with E-state index in [1.807, 2.05) is 6.07 Å². The molecule has 0 saturated heterocycles. The predicted octanol–water partition coefficient (Wildman–Crippen LogP) is 1.79. The summed E-state index contributed by atoms with van der Waals surface area (Å²) in [5.74, 6) is 1.04. The predicted molar refractivity (Wildman–Crippen MR) is 65.6 cm³/mol. The van der Waals surface area contributed by atoms with E-state index in [0.717, 1.165) is 38.3 Å². The van der Waals surface area contributed by atoms with E-state index in [9.17, 15) is 0 Å². The zero-order valence-corrected chi connectivity index (χ0v) is 9.86. The first-order valence-corrected chi connectivity index (χ1v) is 5.95. The molecular formula is C13H20N2O. The van der Waals surface area contributed by atoms with Gasteiger partial charge < -0.3 is 10.5 Å². The maximum atomic E-state index is 5.66. The number of nitrogens with zero attached hydrogens (tertiary/aromatic N) is 1. The molecule has 1 aliphatic heterocycles. The van der Waals surface area contributed by atoms with Gasteiger partial charge in [-0.25, -0.2) is 0 Å². The van der Waals surface area contributed by atoms with Crippen molar-refractivity contribution in [2.45, 2.75) is 18.9 Å². The molecule has 0 spiro atoms. The fraction of sp³-hybridized carbons (Fsp3) is 0.538.